The highest BCUT2D eigenvalue weighted by Gasteiger charge is 2.11. The molecule has 3 N–H and O–H groups in total. The number of benzene rings is 2. The number of rotatable bonds is 5. The van der Waals surface area contributed by atoms with Crippen LogP contribution in [0.1, 0.15) is 16.2 Å². The molecule has 2 aromatic carbocycles. The summed E-state index contributed by atoms with van der Waals surface area (Å²) in [5, 5.41) is 0. The molecule has 0 aliphatic carbocycles. The van der Waals surface area contributed by atoms with E-state index in [-0.39, 0.29) is 6.61 Å². The Morgan fingerprint density at radius 2 is 1.95 bits per heavy atom. The Morgan fingerprint density at radius 1 is 1.18 bits per heavy atom. The quantitative estimate of drug-likeness (QED) is 0.755. The van der Waals surface area contributed by atoms with Crippen LogP contribution in [0, 0.1) is 0 Å². The molecule has 3 aromatic rings. The maximum absolute atomic E-state index is 11.4. The molecule has 1 aromatic heterocycles. The number of nitrogens with two attached hydrogens (primary N) is 1. The molecule has 0 fully saturated rings. The van der Waals surface area contributed by atoms with Gasteiger partial charge < -0.3 is 20.2 Å². The lowest BCUT2D eigenvalue weighted by molar-refractivity contribution is 0.100. The standard InChI is InChI=1S/C16H15N3O3/c1-21-12-7-2-3-8-13(12)22-9-14-18-11-6-4-5-10(16(17)20)15(11)19-14/h2-8H,9H2,1H3,(H2,17,20)(H,18,19). The van der Waals surface area contributed by atoms with E-state index in [0.29, 0.717) is 33.9 Å². The molecular formula is C16H15N3O3. The SMILES string of the molecule is COc1ccccc1OCc1nc2cccc(C(N)=O)c2[nH]1. The monoisotopic (exact) mass is 297 g/mol. The van der Waals surface area contributed by atoms with Crippen LogP contribution in [0.2, 0.25) is 0 Å². The minimum Gasteiger partial charge on any atom is -0.493 e. The van der Waals surface area contributed by atoms with Gasteiger partial charge in [0, 0.05) is 0 Å². The minimum atomic E-state index is -0.494. The van der Waals surface area contributed by atoms with Crippen molar-refractivity contribution in [3.8, 4) is 11.5 Å². The van der Waals surface area contributed by atoms with E-state index in [1.807, 2.05) is 30.3 Å². The fourth-order valence-electron chi connectivity index (χ4n) is 2.24. The lowest BCUT2D eigenvalue weighted by atomic mass is 10.2. The molecule has 3 rings (SSSR count). The van der Waals surface area contributed by atoms with Gasteiger partial charge in [0.05, 0.1) is 23.7 Å². The van der Waals surface area contributed by atoms with E-state index in [1.165, 1.54) is 0 Å². The molecule has 0 radical (unpaired) electrons. The molecule has 0 aliphatic rings. The average molecular weight is 297 g/mol. The summed E-state index contributed by atoms with van der Waals surface area (Å²) < 4.78 is 10.9. The Balaban J connectivity index is 1.86. The molecule has 0 saturated carbocycles. The Bertz CT molecular complexity index is 826. The third-order valence-corrected chi connectivity index (χ3v) is 3.27. The van der Waals surface area contributed by atoms with E-state index in [4.69, 9.17) is 15.2 Å². The van der Waals surface area contributed by atoms with E-state index < -0.39 is 5.91 Å². The van der Waals surface area contributed by atoms with Crippen LogP contribution in [-0.4, -0.2) is 23.0 Å². The van der Waals surface area contributed by atoms with E-state index in [9.17, 15) is 4.79 Å². The molecule has 112 valence electrons. The number of carbonyl (C=O) groups is 1. The average Bonchev–Trinajstić information content (AvgIpc) is 2.95. The zero-order valence-corrected chi connectivity index (χ0v) is 12.0. The normalized spacial score (nSPS) is 10.6. The van der Waals surface area contributed by atoms with Crippen molar-refractivity contribution < 1.29 is 14.3 Å². The second-order valence-electron chi connectivity index (χ2n) is 4.69. The van der Waals surface area contributed by atoms with Crippen molar-refractivity contribution in [2.24, 2.45) is 5.73 Å². The summed E-state index contributed by atoms with van der Waals surface area (Å²) in [5.74, 6) is 1.39. The highest BCUT2D eigenvalue weighted by molar-refractivity contribution is 6.03. The van der Waals surface area contributed by atoms with Crippen molar-refractivity contribution in [3.63, 3.8) is 0 Å². The fraction of sp³-hybridized carbons (Fsp3) is 0.125. The third kappa shape index (κ3) is 2.58. The summed E-state index contributed by atoms with van der Waals surface area (Å²) in [6, 6.07) is 12.6. The van der Waals surface area contributed by atoms with Gasteiger partial charge >= 0.3 is 0 Å². The van der Waals surface area contributed by atoms with Gasteiger partial charge in [-0.15, -0.1) is 0 Å². The van der Waals surface area contributed by atoms with Gasteiger partial charge in [-0.1, -0.05) is 18.2 Å². The lowest BCUT2D eigenvalue weighted by Gasteiger charge is -2.08. The number of aromatic nitrogens is 2. The summed E-state index contributed by atoms with van der Waals surface area (Å²) >= 11 is 0. The second-order valence-corrected chi connectivity index (χ2v) is 4.69. The van der Waals surface area contributed by atoms with Crippen LogP contribution in [0.15, 0.2) is 42.5 Å². The third-order valence-electron chi connectivity index (χ3n) is 3.27. The highest BCUT2D eigenvalue weighted by atomic mass is 16.5. The fourth-order valence-corrected chi connectivity index (χ4v) is 2.24. The number of aromatic amines is 1. The van der Waals surface area contributed by atoms with Crippen LogP contribution in [0.3, 0.4) is 0 Å². The first-order chi connectivity index (χ1) is 10.7. The van der Waals surface area contributed by atoms with Crippen molar-refractivity contribution in [3.05, 3.63) is 53.9 Å². The first kappa shape index (κ1) is 13.9. The van der Waals surface area contributed by atoms with Crippen LogP contribution in [0.25, 0.3) is 11.0 Å². The highest BCUT2D eigenvalue weighted by Crippen LogP contribution is 2.26. The van der Waals surface area contributed by atoms with Crippen LogP contribution in [-0.2, 0) is 6.61 Å². The number of para-hydroxylation sites is 3. The summed E-state index contributed by atoms with van der Waals surface area (Å²) in [6.45, 7) is 0.229. The maximum Gasteiger partial charge on any atom is 0.250 e. The number of hydrogen-bond acceptors (Lipinski definition) is 4. The number of nitrogens with zero attached hydrogens (tertiary/aromatic N) is 1. The predicted molar refractivity (Wildman–Crippen MR) is 81.9 cm³/mol. The van der Waals surface area contributed by atoms with Gasteiger partial charge in [-0.25, -0.2) is 4.98 Å². The van der Waals surface area contributed by atoms with Crippen LogP contribution in [0.5, 0.6) is 11.5 Å². The maximum atomic E-state index is 11.4. The number of carbonyl (C=O) groups excluding carboxylic acids is 1. The van der Waals surface area contributed by atoms with Gasteiger partial charge in [0.1, 0.15) is 12.4 Å². The van der Waals surface area contributed by atoms with Crippen molar-refractivity contribution in [1.29, 1.82) is 0 Å². The molecule has 1 amide bonds. The summed E-state index contributed by atoms with van der Waals surface area (Å²) in [7, 11) is 1.59. The van der Waals surface area contributed by atoms with Gasteiger partial charge in [-0.2, -0.15) is 0 Å². The Kier molecular flexibility index (Phi) is 3.65. The van der Waals surface area contributed by atoms with Crippen molar-refractivity contribution in [2.45, 2.75) is 6.61 Å². The van der Waals surface area contributed by atoms with E-state index in [1.54, 1.807) is 19.2 Å². The number of H-pyrrole nitrogens is 1. The Morgan fingerprint density at radius 3 is 2.68 bits per heavy atom. The first-order valence-corrected chi connectivity index (χ1v) is 6.72. The van der Waals surface area contributed by atoms with Gasteiger partial charge in [0.25, 0.3) is 5.91 Å². The molecule has 0 aliphatic heterocycles. The zero-order valence-electron chi connectivity index (χ0n) is 12.0. The van der Waals surface area contributed by atoms with E-state index >= 15 is 0 Å². The number of amides is 1. The Labute approximate surface area is 126 Å². The molecule has 0 unspecified atom stereocenters. The Hall–Kier alpha value is -3.02. The van der Waals surface area contributed by atoms with Crippen LogP contribution >= 0.6 is 0 Å². The molecule has 6 heteroatoms. The van der Waals surface area contributed by atoms with Crippen LogP contribution < -0.4 is 15.2 Å². The van der Waals surface area contributed by atoms with E-state index in [2.05, 4.69) is 9.97 Å². The number of methoxy groups -OCH3 is 1. The molecule has 0 saturated heterocycles. The molecule has 6 nitrogen and oxygen atoms in total. The van der Waals surface area contributed by atoms with Crippen molar-refractivity contribution in [2.75, 3.05) is 7.11 Å². The zero-order chi connectivity index (χ0) is 15.5. The molecule has 1 heterocycles. The number of imidazole rings is 1. The van der Waals surface area contributed by atoms with Gasteiger partial charge in [0.15, 0.2) is 11.5 Å². The molecule has 0 spiro atoms. The number of hydrogen-bond donors (Lipinski definition) is 2. The molecule has 22 heavy (non-hydrogen) atoms. The number of fused-ring (bicyclic) bond motifs is 1. The summed E-state index contributed by atoms with van der Waals surface area (Å²) in [5.41, 5.74) is 7.06. The van der Waals surface area contributed by atoms with Crippen molar-refractivity contribution >= 4 is 16.9 Å². The largest absolute Gasteiger partial charge is 0.493 e. The smallest absolute Gasteiger partial charge is 0.250 e. The van der Waals surface area contributed by atoms with Gasteiger partial charge in [0.2, 0.25) is 0 Å². The van der Waals surface area contributed by atoms with Gasteiger partial charge in [-0.3, -0.25) is 4.79 Å². The first-order valence-electron chi connectivity index (χ1n) is 6.72. The number of nitrogens with one attached hydrogen (secondary N) is 1. The predicted octanol–water partition coefficient (Wildman–Crippen LogP) is 2.25. The second kappa shape index (κ2) is 5.77. The minimum absolute atomic E-state index is 0.229. The number of primary amides is 1. The summed E-state index contributed by atoms with van der Waals surface area (Å²) in [4.78, 5) is 18.9. The van der Waals surface area contributed by atoms with E-state index in [0.717, 1.165) is 0 Å². The van der Waals surface area contributed by atoms with Crippen molar-refractivity contribution in [1.82, 2.24) is 9.97 Å². The number of ether oxygens (including phenoxy) is 2. The molecule has 0 atom stereocenters. The lowest BCUT2D eigenvalue weighted by Crippen LogP contribution is -2.11. The molecular weight excluding hydrogens is 282 g/mol. The topological polar surface area (TPSA) is 90.2 Å². The molecule has 0 bridgehead atoms. The van der Waals surface area contributed by atoms with Crippen LogP contribution in [0.4, 0.5) is 0 Å². The summed E-state index contributed by atoms with van der Waals surface area (Å²) in [6.07, 6.45) is 0. The van der Waals surface area contributed by atoms with Gasteiger partial charge in [-0.05, 0) is 24.3 Å².